The molecular weight excluding hydrogens is 458 g/mol. The van der Waals surface area contributed by atoms with Gasteiger partial charge >= 0.3 is 0 Å². The molecule has 0 radical (unpaired) electrons. The van der Waals surface area contributed by atoms with Gasteiger partial charge in [-0.15, -0.1) is 0 Å². The Kier molecular flexibility index (Phi) is 7.45. The van der Waals surface area contributed by atoms with E-state index in [-0.39, 0.29) is 12.5 Å². The number of carbonyl (C=O) groups excluding carboxylic acids is 1. The molecule has 7 heteroatoms. The topological polar surface area (TPSA) is 83.8 Å². The average Bonchev–Trinajstić information content (AvgIpc) is 3.25. The summed E-state index contributed by atoms with van der Waals surface area (Å²) in [5, 5.41) is 14.1. The van der Waals surface area contributed by atoms with Crippen molar-refractivity contribution in [2.45, 2.75) is 38.1 Å². The second-order valence-corrected chi connectivity index (χ2v) is 10.0. The van der Waals surface area contributed by atoms with Crippen LogP contribution in [0, 0.1) is 5.92 Å². The van der Waals surface area contributed by atoms with Crippen molar-refractivity contribution in [2.24, 2.45) is 10.9 Å². The first-order valence-corrected chi connectivity index (χ1v) is 13.0. The van der Waals surface area contributed by atoms with E-state index in [1.54, 1.807) is 6.20 Å². The van der Waals surface area contributed by atoms with E-state index in [1.807, 2.05) is 60.7 Å². The fourth-order valence-corrected chi connectivity index (χ4v) is 5.46. The highest BCUT2D eigenvalue weighted by atomic mass is 32.2. The number of amides is 1. The molecule has 2 heterocycles. The van der Waals surface area contributed by atoms with Crippen LogP contribution in [0.1, 0.15) is 49.3 Å². The molecule has 1 aliphatic carbocycles. The van der Waals surface area contributed by atoms with Crippen molar-refractivity contribution in [3.8, 4) is 5.75 Å². The maximum atomic E-state index is 12.6. The highest BCUT2D eigenvalue weighted by Crippen LogP contribution is 2.32. The first-order valence-electron chi connectivity index (χ1n) is 12.2. The van der Waals surface area contributed by atoms with Crippen LogP contribution in [0.5, 0.6) is 5.75 Å². The van der Waals surface area contributed by atoms with E-state index < -0.39 is 6.04 Å². The smallest absolute Gasteiger partial charge is 0.264 e. The van der Waals surface area contributed by atoms with Gasteiger partial charge in [0.25, 0.3) is 5.91 Å². The second kappa shape index (κ2) is 11.1. The van der Waals surface area contributed by atoms with Crippen LogP contribution < -0.4 is 10.1 Å². The summed E-state index contributed by atoms with van der Waals surface area (Å²) in [6, 6.07) is 17.0. The summed E-state index contributed by atoms with van der Waals surface area (Å²) in [5.41, 5.74) is 2.67. The molecule has 1 aliphatic heterocycles. The van der Waals surface area contributed by atoms with Gasteiger partial charge in [-0.2, -0.15) is 0 Å². The molecule has 1 amide bonds. The molecular formula is C28H29N3O3S. The summed E-state index contributed by atoms with van der Waals surface area (Å²) >= 11 is 1.28. The molecule has 2 aliphatic rings. The van der Waals surface area contributed by atoms with Gasteiger partial charge in [-0.1, -0.05) is 55.7 Å². The predicted molar refractivity (Wildman–Crippen MR) is 141 cm³/mol. The van der Waals surface area contributed by atoms with Crippen molar-refractivity contribution < 1.29 is 14.6 Å². The van der Waals surface area contributed by atoms with Gasteiger partial charge in [-0.25, -0.2) is 0 Å². The van der Waals surface area contributed by atoms with Crippen LogP contribution in [0.15, 0.2) is 70.7 Å². The number of thioether (sulfide) groups is 1. The summed E-state index contributed by atoms with van der Waals surface area (Å²) < 4.78 is 6.23. The molecule has 0 unspecified atom stereocenters. The largest absolute Gasteiger partial charge is 0.493 e. The number of nitrogens with zero attached hydrogens (tertiary/aromatic N) is 2. The molecule has 1 atom stereocenters. The summed E-state index contributed by atoms with van der Waals surface area (Å²) in [5.74, 6) is 1.26. The number of aromatic nitrogens is 1. The van der Waals surface area contributed by atoms with Gasteiger partial charge in [-0.05, 0) is 65.9 Å². The maximum absolute atomic E-state index is 12.6. The number of nitrogens with one attached hydrogen (secondary N) is 1. The average molecular weight is 488 g/mol. The summed E-state index contributed by atoms with van der Waals surface area (Å²) in [6.07, 6.45) is 10.0. The Morgan fingerprint density at radius 1 is 1.14 bits per heavy atom. The van der Waals surface area contributed by atoms with Crippen molar-refractivity contribution in [2.75, 3.05) is 13.2 Å². The number of rotatable bonds is 7. The lowest BCUT2D eigenvalue weighted by molar-refractivity contribution is -0.115. The van der Waals surface area contributed by atoms with Crippen LogP contribution in [0.2, 0.25) is 0 Å². The van der Waals surface area contributed by atoms with E-state index in [0.29, 0.717) is 16.0 Å². The van der Waals surface area contributed by atoms with Crippen LogP contribution in [-0.2, 0) is 4.79 Å². The molecule has 180 valence electrons. The molecule has 0 spiro atoms. The Morgan fingerprint density at radius 2 is 1.97 bits per heavy atom. The fraction of sp³-hybridized carbons (Fsp3) is 0.321. The minimum absolute atomic E-state index is 0.135. The molecule has 1 saturated heterocycles. The number of aliphatic hydroxyl groups is 1. The Labute approximate surface area is 209 Å². The van der Waals surface area contributed by atoms with Gasteiger partial charge in [0, 0.05) is 11.6 Å². The highest BCUT2D eigenvalue weighted by molar-refractivity contribution is 8.18. The van der Waals surface area contributed by atoms with E-state index in [4.69, 9.17) is 4.74 Å². The normalized spacial score (nSPS) is 19.9. The van der Waals surface area contributed by atoms with Crippen LogP contribution in [0.25, 0.3) is 17.0 Å². The molecule has 1 saturated carbocycles. The lowest BCUT2D eigenvalue weighted by Gasteiger charge is -2.22. The lowest BCUT2D eigenvalue weighted by atomic mass is 9.90. The van der Waals surface area contributed by atoms with E-state index >= 15 is 0 Å². The Balaban J connectivity index is 1.34. The quantitative estimate of drug-likeness (QED) is 0.431. The minimum atomic E-state index is -0.422. The number of aliphatic imine (C=N–C) groups is 1. The molecule has 5 rings (SSSR count). The monoisotopic (exact) mass is 487 g/mol. The summed E-state index contributed by atoms with van der Waals surface area (Å²) in [6.45, 7) is 0.597. The Morgan fingerprint density at radius 3 is 2.77 bits per heavy atom. The van der Waals surface area contributed by atoms with E-state index in [9.17, 15) is 9.90 Å². The Hall–Kier alpha value is -3.16. The molecule has 2 fully saturated rings. The van der Waals surface area contributed by atoms with Crippen molar-refractivity contribution in [1.29, 1.82) is 0 Å². The maximum Gasteiger partial charge on any atom is 0.264 e. The number of hydrogen-bond donors (Lipinski definition) is 2. The van der Waals surface area contributed by atoms with Gasteiger partial charge in [-0.3, -0.25) is 14.8 Å². The van der Waals surface area contributed by atoms with Gasteiger partial charge in [0.1, 0.15) is 11.8 Å². The third-order valence-corrected chi connectivity index (χ3v) is 7.43. The lowest BCUT2D eigenvalue weighted by Crippen LogP contribution is -2.21. The van der Waals surface area contributed by atoms with Gasteiger partial charge in [0.15, 0.2) is 5.17 Å². The molecule has 3 aromatic rings. The zero-order chi connectivity index (χ0) is 24.0. The number of hydrogen-bond acceptors (Lipinski definition) is 6. The van der Waals surface area contributed by atoms with Crippen molar-refractivity contribution in [3.05, 3.63) is 76.8 Å². The zero-order valence-corrected chi connectivity index (χ0v) is 20.3. The first-order chi connectivity index (χ1) is 17.2. The van der Waals surface area contributed by atoms with Gasteiger partial charge in [0.2, 0.25) is 0 Å². The standard InChI is InChI=1S/C28H29N3O3S/c32-17-24(21-9-5-2-6-10-21)30-28-31-27(33)26(35-28)16-20-11-12-23-22(15-20)25(13-14-29-23)34-18-19-7-3-1-4-8-19/h2,5-6,9-16,19,24,32H,1,3-4,7-8,17-18H2,(H,30,31,33)/b26-16+/t24-/m0/s1. The van der Waals surface area contributed by atoms with Gasteiger partial charge in [0.05, 0.1) is 23.6 Å². The summed E-state index contributed by atoms with van der Waals surface area (Å²) in [4.78, 5) is 22.2. The molecule has 35 heavy (non-hydrogen) atoms. The third kappa shape index (κ3) is 5.74. The van der Waals surface area contributed by atoms with E-state index in [1.165, 1.54) is 43.9 Å². The van der Waals surface area contributed by atoms with E-state index in [0.717, 1.165) is 34.4 Å². The van der Waals surface area contributed by atoms with Crippen LogP contribution >= 0.6 is 11.8 Å². The number of pyridine rings is 1. The van der Waals surface area contributed by atoms with Crippen LogP contribution in [0.4, 0.5) is 0 Å². The molecule has 2 aromatic carbocycles. The van der Waals surface area contributed by atoms with Gasteiger partial charge < -0.3 is 15.2 Å². The van der Waals surface area contributed by atoms with Crippen LogP contribution in [0.3, 0.4) is 0 Å². The van der Waals surface area contributed by atoms with Crippen molar-refractivity contribution in [1.82, 2.24) is 10.3 Å². The molecule has 0 bridgehead atoms. The number of ether oxygens (including phenoxy) is 1. The summed E-state index contributed by atoms with van der Waals surface area (Å²) in [7, 11) is 0. The number of amidine groups is 1. The van der Waals surface area contributed by atoms with Crippen molar-refractivity contribution in [3.63, 3.8) is 0 Å². The number of fused-ring (bicyclic) bond motifs is 1. The Bertz CT molecular complexity index is 1250. The zero-order valence-electron chi connectivity index (χ0n) is 19.5. The second-order valence-electron chi connectivity index (χ2n) is 9.01. The number of benzene rings is 2. The fourth-order valence-electron chi connectivity index (χ4n) is 4.59. The number of carbonyl (C=O) groups is 1. The SMILES string of the molecule is O=C1NC(=N[C@@H](CO)c2ccccc2)S/C1=C/c1ccc2nccc(OCC3CCCCC3)c2c1. The first kappa shape index (κ1) is 23.6. The minimum Gasteiger partial charge on any atom is -0.493 e. The molecule has 1 aromatic heterocycles. The molecule has 6 nitrogen and oxygen atoms in total. The third-order valence-electron chi connectivity index (χ3n) is 6.50. The molecule has 2 N–H and O–H groups in total. The van der Waals surface area contributed by atoms with Crippen molar-refractivity contribution >= 4 is 39.8 Å². The number of aliphatic hydroxyl groups excluding tert-OH is 1. The van der Waals surface area contributed by atoms with E-state index in [2.05, 4.69) is 15.3 Å². The predicted octanol–water partition coefficient (Wildman–Crippen LogP) is 5.49. The highest BCUT2D eigenvalue weighted by Gasteiger charge is 2.25. The van der Waals surface area contributed by atoms with Crippen LogP contribution in [-0.4, -0.2) is 34.4 Å².